The van der Waals surface area contributed by atoms with Crippen molar-refractivity contribution in [2.24, 2.45) is 0 Å². The minimum absolute atomic E-state index is 0.0709. The molecule has 10 nitrogen and oxygen atoms in total. The van der Waals surface area contributed by atoms with Gasteiger partial charge in [-0.2, -0.15) is 0 Å². The lowest BCUT2D eigenvalue weighted by molar-refractivity contribution is 0.0390. The first-order valence-electron chi connectivity index (χ1n) is 11.2. The molecule has 4 rings (SSSR count). The fourth-order valence-corrected chi connectivity index (χ4v) is 5.99. The molecule has 2 aromatic heterocycles. The van der Waals surface area contributed by atoms with Gasteiger partial charge < -0.3 is 18.8 Å². The number of hydrogen-bond donors (Lipinski definition) is 0. The predicted octanol–water partition coefficient (Wildman–Crippen LogP) is 3.00. The Balaban J connectivity index is 1.62. The summed E-state index contributed by atoms with van der Waals surface area (Å²) in [4.78, 5) is 8.30. The zero-order chi connectivity index (χ0) is 23.6. The number of hydrogen-bond acceptors (Lipinski definition) is 9. The Kier molecular flexibility index (Phi) is 7.64. The smallest absolute Gasteiger partial charge is 0.163 e. The van der Waals surface area contributed by atoms with Crippen LogP contribution in [0.4, 0.5) is 0 Å². The van der Waals surface area contributed by atoms with E-state index < -0.39 is 21.2 Å². The molecule has 2 aromatic rings. The van der Waals surface area contributed by atoms with Gasteiger partial charge in [-0.1, -0.05) is 11.6 Å². The standard InChI is InChI=1S/C21H30ClN5O5S/c1-13-4-5-17(32-13)21-26-25-18(27(21)16-6-8-31-9-7-16)12-33(28,29)14(2)19(30-3)20-23-10-15(22)11-24-20/h10-11,13-14,16-17,19H,4-9,12H2,1-3H3/t13-,14+,17-,19+/m1/s1. The van der Waals surface area contributed by atoms with Crippen molar-refractivity contribution < 1.29 is 22.6 Å². The van der Waals surface area contributed by atoms with Crippen LogP contribution < -0.4 is 0 Å². The van der Waals surface area contributed by atoms with E-state index in [4.69, 9.17) is 25.8 Å². The van der Waals surface area contributed by atoms with Crippen molar-refractivity contribution in [2.75, 3.05) is 20.3 Å². The van der Waals surface area contributed by atoms with Crippen LogP contribution in [0.15, 0.2) is 12.4 Å². The Hall–Kier alpha value is -1.66. The molecule has 0 aromatic carbocycles. The fraction of sp³-hybridized carbons (Fsp3) is 0.714. The molecule has 2 saturated heterocycles. The van der Waals surface area contributed by atoms with E-state index in [0.29, 0.717) is 29.9 Å². The summed E-state index contributed by atoms with van der Waals surface area (Å²) >= 11 is 5.87. The van der Waals surface area contributed by atoms with E-state index in [1.54, 1.807) is 6.92 Å². The molecule has 4 atom stereocenters. The summed E-state index contributed by atoms with van der Waals surface area (Å²) in [7, 11) is -2.26. The topological polar surface area (TPSA) is 118 Å². The third-order valence-electron chi connectivity index (χ3n) is 6.34. The number of methoxy groups -OCH3 is 1. The molecule has 4 heterocycles. The third-order valence-corrected chi connectivity index (χ3v) is 8.58. The van der Waals surface area contributed by atoms with Crippen molar-refractivity contribution in [3.05, 3.63) is 34.9 Å². The summed E-state index contributed by atoms with van der Waals surface area (Å²) < 4.78 is 45.9. The highest BCUT2D eigenvalue weighted by Gasteiger charge is 2.37. The monoisotopic (exact) mass is 499 g/mol. The molecule has 0 spiro atoms. The van der Waals surface area contributed by atoms with E-state index in [9.17, 15) is 8.42 Å². The largest absolute Gasteiger partial charge is 0.381 e. The first-order chi connectivity index (χ1) is 15.8. The second kappa shape index (κ2) is 10.3. The van der Waals surface area contributed by atoms with Crippen molar-refractivity contribution >= 4 is 21.4 Å². The van der Waals surface area contributed by atoms with Crippen LogP contribution in [0.2, 0.25) is 5.02 Å². The van der Waals surface area contributed by atoms with Crippen LogP contribution in [0.25, 0.3) is 0 Å². The summed E-state index contributed by atoms with van der Waals surface area (Å²) in [5.74, 6) is 1.11. The lowest BCUT2D eigenvalue weighted by atomic mass is 10.1. The maximum absolute atomic E-state index is 13.5. The predicted molar refractivity (Wildman–Crippen MR) is 121 cm³/mol. The Morgan fingerprint density at radius 3 is 2.48 bits per heavy atom. The molecule has 0 saturated carbocycles. The lowest BCUT2D eigenvalue weighted by Crippen LogP contribution is -2.31. The summed E-state index contributed by atoms with van der Waals surface area (Å²) in [6, 6.07) is 0.0709. The molecule has 0 radical (unpaired) electrons. The van der Waals surface area contributed by atoms with E-state index in [1.807, 2.05) is 11.5 Å². The number of rotatable bonds is 8. The first-order valence-corrected chi connectivity index (χ1v) is 13.3. The maximum atomic E-state index is 13.5. The molecule has 0 amide bonds. The van der Waals surface area contributed by atoms with Crippen LogP contribution in [0, 0.1) is 0 Å². The Bertz CT molecular complexity index is 1040. The number of halogens is 1. The van der Waals surface area contributed by atoms with Gasteiger partial charge in [0.25, 0.3) is 0 Å². The van der Waals surface area contributed by atoms with Crippen LogP contribution in [-0.4, -0.2) is 64.8 Å². The normalized spacial score (nSPS) is 24.1. The van der Waals surface area contributed by atoms with E-state index >= 15 is 0 Å². The van der Waals surface area contributed by atoms with Gasteiger partial charge in [0.2, 0.25) is 0 Å². The molecule has 0 aliphatic carbocycles. The summed E-state index contributed by atoms with van der Waals surface area (Å²) in [5, 5.41) is 8.18. The van der Waals surface area contributed by atoms with Crippen LogP contribution in [0.3, 0.4) is 0 Å². The van der Waals surface area contributed by atoms with Crippen molar-refractivity contribution in [2.45, 2.75) is 74.9 Å². The van der Waals surface area contributed by atoms with E-state index in [1.165, 1.54) is 19.5 Å². The molecule has 33 heavy (non-hydrogen) atoms. The first kappa shape index (κ1) is 24.5. The molecule has 0 unspecified atom stereocenters. The molecule has 12 heteroatoms. The fourth-order valence-electron chi connectivity index (χ4n) is 4.47. The molecule has 2 aliphatic rings. The SMILES string of the molecule is CO[C@H](c1ncc(Cl)cn1)[C@H](C)S(=O)(=O)Cc1nnc([C@H]2CC[C@@H](C)O2)n1C1CCOCC1. The number of aromatic nitrogens is 5. The molecule has 2 fully saturated rings. The van der Waals surface area contributed by atoms with Crippen LogP contribution >= 0.6 is 11.6 Å². The molecular formula is C21H30ClN5O5S. The highest BCUT2D eigenvalue weighted by molar-refractivity contribution is 7.91. The highest BCUT2D eigenvalue weighted by Crippen LogP contribution is 2.36. The minimum Gasteiger partial charge on any atom is -0.381 e. The summed E-state index contributed by atoms with van der Waals surface area (Å²) in [5.41, 5.74) is 0. The number of sulfone groups is 1. The quantitative estimate of drug-likeness (QED) is 0.539. The molecule has 182 valence electrons. The number of ether oxygens (including phenoxy) is 3. The van der Waals surface area contributed by atoms with Crippen molar-refractivity contribution in [1.82, 2.24) is 24.7 Å². The van der Waals surface area contributed by atoms with Gasteiger partial charge in [-0.05, 0) is 39.5 Å². The van der Waals surface area contributed by atoms with Gasteiger partial charge >= 0.3 is 0 Å². The van der Waals surface area contributed by atoms with Crippen LogP contribution in [0.1, 0.15) is 75.3 Å². The van der Waals surface area contributed by atoms with Gasteiger partial charge in [0.15, 0.2) is 21.5 Å². The zero-order valence-electron chi connectivity index (χ0n) is 19.1. The Morgan fingerprint density at radius 1 is 1.18 bits per heavy atom. The maximum Gasteiger partial charge on any atom is 0.163 e. The lowest BCUT2D eigenvalue weighted by Gasteiger charge is -2.28. The summed E-state index contributed by atoms with van der Waals surface area (Å²) in [6.07, 6.45) is 5.28. The molecule has 0 bridgehead atoms. The third kappa shape index (κ3) is 5.37. The average molecular weight is 500 g/mol. The number of nitrogens with zero attached hydrogens (tertiary/aromatic N) is 5. The van der Waals surface area contributed by atoms with Gasteiger partial charge in [0, 0.05) is 38.8 Å². The minimum atomic E-state index is -3.70. The Labute approximate surface area is 198 Å². The molecular weight excluding hydrogens is 470 g/mol. The van der Waals surface area contributed by atoms with Gasteiger partial charge in [0.05, 0.1) is 16.4 Å². The van der Waals surface area contributed by atoms with Gasteiger partial charge in [0.1, 0.15) is 23.8 Å². The zero-order valence-corrected chi connectivity index (χ0v) is 20.6. The van der Waals surface area contributed by atoms with Crippen molar-refractivity contribution in [3.8, 4) is 0 Å². The van der Waals surface area contributed by atoms with E-state index in [2.05, 4.69) is 20.2 Å². The van der Waals surface area contributed by atoms with E-state index in [0.717, 1.165) is 25.7 Å². The Morgan fingerprint density at radius 2 is 1.88 bits per heavy atom. The highest BCUT2D eigenvalue weighted by atomic mass is 35.5. The van der Waals surface area contributed by atoms with Gasteiger partial charge in [-0.25, -0.2) is 18.4 Å². The van der Waals surface area contributed by atoms with Crippen LogP contribution in [0.5, 0.6) is 0 Å². The second-order valence-electron chi connectivity index (χ2n) is 8.63. The van der Waals surface area contributed by atoms with Crippen molar-refractivity contribution in [1.29, 1.82) is 0 Å². The van der Waals surface area contributed by atoms with Crippen molar-refractivity contribution in [3.63, 3.8) is 0 Å². The summed E-state index contributed by atoms with van der Waals surface area (Å²) in [6.45, 7) is 4.87. The van der Waals surface area contributed by atoms with E-state index in [-0.39, 0.29) is 29.8 Å². The average Bonchev–Trinajstić information content (AvgIpc) is 3.41. The van der Waals surface area contributed by atoms with Crippen LogP contribution in [-0.2, 0) is 29.8 Å². The second-order valence-corrected chi connectivity index (χ2v) is 11.4. The molecule has 0 N–H and O–H groups in total. The van der Waals surface area contributed by atoms with Gasteiger partial charge in [-0.3, -0.25) is 0 Å². The molecule has 2 aliphatic heterocycles. The van der Waals surface area contributed by atoms with Gasteiger partial charge in [-0.15, -0.1) is 10.2 Å².